The summed E-state index contributed by atoms with van der Waals surface area (Å²) in [4.78, 5) is 0. The average molecular weight is 481 g/mol. The molecule has 0 saturated heterocycles. The lowest BCUT2D eigenvalue weighted by atomic mass is 9.96. The molecule has 0 radical (unpaired) electrons. The van der Waals surface area contributed by atoms with Gasteiger partial charge in [-0.15, -0.1) is 0 Å². The van der Waals surface area contributed by atoms with Gasteiger partial charge in [-0.2, -0.15) is 0 Å². The highest BCUT2D eigenvalue weighted by Gasteiger charge is 2.49. The van der Waals surface area contributed by atoms with Crippen molar-refractivity contribution in [1.29, 1.82) is 0 Å². The van der Waals surface area contributed by atoms with Crippen molar-refractivity contribution in [3.8, 4) is 5.75 Å². The zero-order chi connectivity index (χ0) is 21.8. The van der Waals surface area contributed by atoms with Crippen molar-refractivity contribution in [2.24, 2.45) is 0 Å². The Morgan fingerprint density at radius 2 is 1.22 bits per heavy atom. The van der Waals surface area contributed by atoms with E-state index in [0.29, 0.717) is 0 Å². The monoisotopic (exact) mass is 480 g/mol. The van der Waals surface area contributed by atoms with Crippen molar-refractivity contribution < 1.29 is 17.1 Å². The molecule has 4 heteroatoms. The Morgan fingerprint density at radius 3 is 1.69 bits per heavy atom. The normalized spacial score (nSPS) is 11.0. The van der Waals surface area contributed by atoms with Crippen LogP contribution in [0.25, 0.3) is 0 Å². The van der Waals surface area contributed by atoms with Gasteiger partial charge in [-0.05, 0) is 60.9 Å². The van der Waals surface area contributed by atoms with Gasteiger partial charge in [0.15, 0.2) is 11.1 Å². The summed E-state index contributed by atoms with van der Waals surface area (Å²) in [5.74, 6) is 0.866. The van der Waals surface area contributed by atoms with E-state index in [0.717, 1.165) is 28.1 Å². The number of hydrogen-bond acceptors (Lipinski definition) is 1. The van der Waals surface area contributed by atoms with Crippen LogP contribution < -0.4 is 33.1 Å². The van der Waals surface area contributed by atoms with Crippen LogP contribution in [0.15, 0.2) is 97.1 Å². The maximum Gasteiger partial charge on any atom is 0.214 e. The molecule has 4 aromatic rings. The molecule has 0 aliphatic heterocycles. The Morgan fingerprint density at radius 1 is 0.750 bits per heavy atom. The van der Waals surface area contributed by atoms with Gasteiger partial charge < -0.3 is 17.1 Å². The van der Waals surface area contributed by atoms with Gasteiger partial charge in [0.05, 0.1) is 7.11 Å². The second kappa shape index (κ2) is 10.5. The molecule has 0 saturated carbocycles. The molecule has 0 amide bonds. The largest absolute Gasteiger partial charge is 1.00 e. The minimum atomic E-state index is -2.45. The van der Waals surface area contributed by atoms with Gasteiger partial charge in [0, 0.05) is 12.0 Å². The van der Waals surface area contributed by atoms with Gasteiger partial charge in [-0.1, -0.05) is 66.7 Å². The molecule has 0 aliphatic rings. The van der Waals surface area contributed by atoms with Crippen LogP contribution in [0.5, 0.6) is 5.75 Å². The number of hydrogen-bond donors (Lipinski definition) is 0. The van der Waals surface area contributed by atoms with E-state index in [-0.39, 0.29) is 12.4 Å². The maximum absolute atomic E-state index is 7.83. The molecular weight excluding hydrogens is 454 g/mol. The molecule has 0 fully saturated rings. The van der Waals surface area contributed by atoms with Crippen LogP contribution >= 0.6 is 17.9 Å². The second-order valence-corrected chi connectivity index (χ2v) is 11.9. The van der Waals surface area contributed by atoms with E-state index in [1.807, 2.05) is 12.1 Å². The summed E-state index contributed by atoms with van der Waals surface area (Å²) in [6.07, 6.45) is 0.814. The second-order valence-electron chi connectivity index (χ2n) is 7.77. The molecule has 0 atom stereocenters. The lowest BCUT2D eigenvalue weighted by Crippen LogP contribution is -3.00. The van der Waals surface area contributed by atoms with Crippen molar-refractivity contribution >= 4 is 33.8 Å². The number of ether oxygens (including phenoxy) is 1. The van der Waals surface area contributed by atoms with E-state index in [2.05, 4.69) is 98.8 Å². The van der Waals surface area contributed by atoms with Crippen molar-refractivity contribution in [2.75, 3.05) is 7.11 Å². The molecule has 4 aromatic carbocycles. The van der Waals surface area contributed by atoms with Crippen LogP contribution in [0.2, 0.25) is 0 Å². The predicted octanol–water partition coefficient (Wildman–Crippen LogP) is 3.35. The average Bonchev–Trinajstić information content (AvgIpc) is 2.83. The first-order valence-corrected chi connectivity index (χ1v) is 13.2. The van der Waals surface area contributed by atoms with Gasteiger partial charge in [0.25, 0.3) is 0 Å². The molecule has 0 aliphatic carbocycles. The fourth-order valence-corrected chi connectivity index (χ4v) is 8.41. The SMILES string of the molecule is COc1cc(C)c(C)c(Cc2ccccc2)c1[P+](Cl)(c1ccccc1)c1ccccc1.[Cl-]. The van der Waals surface area contributed by atoms with E-state index >= 15 is 0 Å². The summed E-state index contributed by atoms with van der Waals surface area (Å²) in [7, 11) is 1.75. The highest BCUT2D eigenvalue weighted by Crippen LogP contribution is 2.63. The lowest BCUT2D eigenvalue weighted by molar-refractivity contribution is -0.00000640. The van der Waals surface area contributed by atoms with Gasteiger partial charge in [0.1, 0.15) is 21.8 Å². The van der Waals surface area contributed by atoms with Gasteiger partial charge >= 0.3 is 0 Å². The van der Waals surface area contributed by atoms with Gasteiger partial charge in [-0.25, -0.2) is 0 Å². The first-order valence-electron chi connectivity index (χ1n) is 10.5. The molecule has 0 bridgehead atoms. The molecular formula is C28H27Cl2OP. The molecule has 164 valence electrons. The Kier molecular flexibility index (Phi) is 8.01. The first kappa shape index (κ1) is 24.3. The van der Waals surface area contributed by atoms with Gasteiger partial charge in [-0.3, -0.25) is 0 Å². The molecule has 4 rings (SSSR count). The summed E-state index contributed by atoms with van der Waals surface area (Å²) in [5.41, 5.74) is 5.02. The zero-order valence-corrected chi connectivity index (χ0v) is 21.0. The number of methoxy groups -OCH3 is 1. The number of benzene rings is 4. The molecule has 0 heterocycles. The zero-order valence-electron chi connectivity index (χ0n) is 18.6. The van der Waals surface area contributed by atoms with Crippen LogP contribution in [0.1, 0.15) is 22.3 Å². The van der Waals surface area contributed by atoms with Crippen LogP contribution in [0.3, 0.4) is 0 Å². The summed E-state index contributed by atoms with van der Waals surface area (Å²) < 4.78 is 5.99. The van der Waals surface area contributed by atoms with E-state index < -0.39 is 6.62 Å². The van der Waals surface area contributed by atoms with Crippen LogP contribution in [0, 0.1) is 13.8 Å². The lowest BCUT2D eigenvalue weighted by Gasteiger charge is -2.25. The highest BCUT2D eigenvalue weighted by atomic mass is 35.7. The maximum atomic E-state index is 7.83. The molecule has 0 spiro atoms. The number of rotatable bonds is 6. The Balaban J connectivity index is 0.00000289. The van der Waals surface area contributed by atoms with Crippen LogP contribution in [-0.2, 0) is 6.42 Å². The topological polar surface area (TPSA) is 9.23 Å². The standard InChI is InChI=1S/C28H27ClOP.ClH/c1-21-19-27(30-3)28(26(22(21)2)20-23-13-7-4-8-14-23)31(29,24-15-9-5-10-16-24)25-17-11-6-12-18-25;/h4-19H,20H2,1-3H3;1H/q+1;/p-1. The van der Waals surface area contributed by atoms with E-state index in [1.165, 1.54) is 22.3 Å². The first-order chi connectivity index (χ1) is 15.1. The van der Waals surface area contributed by atoms with Crippen LogP contribution in [0.4, 0.5) is 0 Å². The molecule has 0 N–H and O–H groups in total. The predicted molar refractivity (Wildman–Crippen MR) is 136 cm³/mol. The summed E-state index contributed by atoms with van der Waals surface area (Å²) >= 11 is 7.83. The fraction of sp³-hybridized carbons (Fsp3) is 0.143. The van der Waals surface area contributed by atoms with E-state index in [4.69, 9.17) is 16.0 Å². The Labute approximate surface area is 203 Å². The minimum Gasteiger partial charge on any atom is -1.00 e. The highest BCUT2D eigenvalue weighted by molar-refractivity contribution is 8.15. The minimum absolute atomic E-state index is 0. The fourth-order valence-electron chi connectivity index (χ4n) is 4.12. The van der Waals surface area contributed by atoms with E-state index in [9.17, 15) is 0 Å². The number of aryl methyl sites for hydroxylation is 1. The Bertz CT molecular complexity index is 1120. The third-order valence-corrected chi connectivity index (χ3v) is 10.7. The van der Waals surface area contributed by atoms with Crippen molar-refractivity contribution in [1.82, 2.24) is 0 Å². The smallest absolute Gasteiger partial charge is 0.214 e. The Hall–Kier alpha value is -2.31. The molecule has 0 unspecified atom stereocenters. The summed E-state index contributed by atoms with van der Waals surface area (Å²) in [6.45, 7) is 1.90. The molecule has 32 heavy (non-hydrogen) atoms. The van der Waals surface area contributed by atoms with Gasteiger partial charge in [0.2, 0.25) is 6.62 Å². The molecule has 1 nitrogen and oxygen atoms in total. The summed E-state index contributed by atoms with van der Waals surface area (Å²) in [6, 6.07) is 33.7. The van der Waals surface area contributed by atoms with Crippen molar-refractivity contribution in [3.05, 3.63) is 119 Å². The van der Waals surface area contributed by atoms with Crippen molar-refractivity contribution in [2.45, 2.75) is 20.3 Å². The molecule has 0 aromatic heterocycles. The third-order valence-electron chi connectivity index (χ3n) is 5.89. The summed E-state index contributed by atoms with van der Waals surface area (Å²) in [5, 5.41) is 3.40. The van der Waals surface area contributed by atoms with Crippen molar-refractivity contribution in [3.63, 3.8) is 0 Å². The van der Waals surface area contributed by atoms with E-state index in [1.54, 1.807) is 7.11 Å². The van der Waals surface area contributed by atoms with Crippen LogP contribution in [-0.4, -0.2) is 7.11 Å². The number of halogens is 2. The quantitative estimate of drug-likeness (QED) is 0.384. The third kappa shape index (κ3) is 4.57.